The molecule has 0 bridgehead atoms. The van der Waals surface area contributed by atoms with Crippen LogP contribution >= 0.6 is 0 Å². The summed E-state index contributed by atoms with van der Waals surface area (Å²) in [5.41, 5.74) is 0. The van der Waals surface area contributed by atoms with Crippen LogP contribution in [-0.4, -0.2) is 37.0 Å². The standard InChI is InChI=1S/C11H17NO3/c1-15-11(14)9-5-4-8(9)10(13)12-6-2-3-7-12/h8-9H,2-7H2,1H3/t8-,9+/m1/s1. The number of likely N-dealkylation sites (tertiary alicyclic amines) is 1. The second-order valence-electron chi connectivity index (χ2n) is 4.35. The van der Waals surface area contributed by atoms with Gasteiger partial charge >= 0.3 is 5.97 Å². The molecule has 1 amide bonds. The minimum absolute atomic E-state index is 0.101. The second-order valence-corrected chi connectivity index (χ2v) is 4.35. The van der Waals surface area contributed by atoms with Crippen LogP contribution in [0.2, 0.25) is 0 Å². The first-order valence-corrected chi connectivity index (χ1v) is 5.60. The molecule has 0 N–H and O–H groups in total. The zero-order valence-corrected chi connectivity index (χ0v) is 9.07. The fourth-order valence-electron chi connectivity index (χ4n) is 2.40. The van der Waals surface area contributed by atoms with Crippen molar-refractivity contribution in [3.05, 3.63) is 0 Å². The minimum Gasteiger partial charge on any atom is -0.469 e. The van der Waals surface area contributed by atoms with Crippen molar-refractivity contribution in [2.75, 3.05) is 20.2 Å². The van der Waals surface area contributed by atoms with Gasteiger partial charge in [0.1, 0.15) is 0 Å². The predicted octanol–water partition coefficient (Wildman–Crippen LogP) is 0.808. The molecule has 1 heterocycles. The van der Waals surface area contributed by atoms with E-state index in [1.54, 1.807) is 0 Å². The first-order chi connectivity index (χ1) is 7.24. The molecule has 0 radical (unpaired) electrons. The smallest absolute Gasteiger partial charge is 0.309 e. The molecule has 1 saturated heterocycles. The first-order valence-electron chi connectivity index (χ1n) is 5.60. The molecule has 1 saturated carbocycles. The molecule has 0 spiro atoms. The van der Waals surface area contributed by atoms with E-state index in [9.17, 15) is 9.59 Å². The van der Waals surface area contributed by atoms with Crippen molar-refractivity contribution in [1.82, 2.24) is 4.90 Å². The van der Waals surface area contributed by atoms with E-state index in [4.69, 9.17) is 0 Å². The number of esters is 1. The number of nitrogens with zero attached hydrogens (tertiary/aromatic N) is 1. The van der Waals surface area contributed by atoms with Crippen molar-refractivity contribution in [3.8, 4) is 0 Å². The Bertz CT molecular complexity index is 271. The quantitative estimate of drug-likeness (QED) is 0.635. The van der Waals surface area contributed by atoms with Crippen molar-refractivity contribution in [3.63, 3.8) is 0 Å². The molecule has 4 heteroatoms. The molecule has 1 aliphatic carbocycles. The highest BCUT2D eigenvalue weighted by Crippen LogP contribution is 2.37. The average Bonchev–Trinajstić information content (AvgIpc) is 2.68. The maximum atomic E-state index is 12.0. The molecule has 0 aromatic carbocycles. The van der Waals surface area contributed by atoms with Gasteiger partial charge in [0.2, 0.25) is 5.91 Å². The van der Waals surface area contributed by atoms with Crippen molar-refractivity contribution in [2.24, 2.45) is 11.8 Å². The van der Waals surface area contributed by atoms with E-state index < -0.39 is 0 Å². The monoisotopic (exact) mass is 211 g/mol. The van der Waals surface area contributed by atoms with Crippen LogP contribution in [0.4, 0.5) is 0 Å². The van der Waals surface area contributed by atoms with Gasteiger partial charge in [-0.2, -0.15) is 0 Å². The van der Waals surface area contributed by atoms with Crippen molar-refractivity contribution >= 4 is 11.9 Å². The first kappa shape index (κ1) is 10.5. The number of amides is 1. The fourth-order valence-corrected chi connectivity index (χ4v) is 2.40. The number of ether oxygens (including phenoxy) is 1. The highest BCUT2D eigenvalue weighted by molar-refractivity contribution is 5.87. The van der Waals surface area contributed by atoms with Gasteiger partial charge < -0.3 is 9.64 Å². The Kier molecular flexibility index (Phi) is 2.93. The Balaban J connectivity index is 1.93. The van der Waals surface area contributed by atoms with Gasteiger partial charge in [-0.05, 0) is 25.7 Å². The molecule has 15 heavy (non-hydrogen) atoms. The lowest BCUT2D eigenvalue weighted by Crippen LogP contribution is -2.45. The molecule has 0 unspecified atom stereocenters. The largest absolute Gasteiger partial charge is 0.469 e. The number of hydrogen-bond donors (Lipinski definition) is 0. The average molecular weight is 211 g/mol. The fraction of sp³-hybridized carbons (Fsp3) is 0.818. The molecule has 2 aliphatic rings. The van der Waals surface area contributed by atoms with Gasteiger partial charge in [-0.3, -0.25) is 9.59 Å². The molecule has 84 valence electrons. The Hall–Kier alpha value is -1.06. The maximum absolute atomic E-state index is 12.0. The highest BCUT2D eigenvalue weighted by atomic mass is 16.5. The molecule has 0 aromatic heterocycles. The van der Waals surface area contributed by atoms with Gasteiger partial charge in [-0.25, -0.2) is 0 Å². The number of hydrogen-bond acceptors (Lipinski definition) is 3. The van der Waals surface area contributed by atoms with Gasteiger partial charge in [0.15, 0.2) is 0 Å². The van der Waals surface area contributed by atoms with Crippen LogP contribution in [0.25, 0.3) is 0 Å². The second kappa shape index (κ2) is 4.21. The van der Waals surface area contributed by atoms with Crippen LogP contribution in [0.5, 0.6) is 0 Å². The SMILES string of the molecule is COC(=O)[C@H]1CC[C@H]1C(=O)N1CCCC1. The lowest BCUT2D eigenvalue weighted by molar-refractivity contribution is -0.158. The van der Waals surface area contributed by atoms with Crippen LogP contribution in [-0.2, 0) is 14.3 Å². The van der Waals surface area contributed by atoms with E-state index in [1.807, 2.05) is 4.90 Å². The van der Waals surface area contributed by atoms with E-state index in [0.717, 1.165) is 38.8 Å². The molecular weight excluding hydrogens is 194 g/mol. The van der Waals surface area contributed by atoms with Crippen LogP contribution in [0.15, 0.2) is 0 Å². The van der Waals surface area contributed by atoms with Gasteiger partial charge in [-0.1, -0.05) is 0 Å². The third kappa shape index (κ3) is 1.85. The molecule has 0 aromatic rings. The lowest BCUT2D eigenvalue weighted by atomic mass is 9.73. The molecule has 1 aliphatic heterocycles. The summed E-state index contributed by atoms with van der Waals surface area (Å²) in [4.78, 5) is 25.2. The minimum atomic E-state index is -0.223. The van der Waals surface area contributed by atoms with E-state index in [2.05, 4.69) is 4.74 Å². The number of methoxy groups -OCH3 is 1. The van der Waals surface area contributed by atoms with Crippen LogP contribution in [0.3, 0.4) is 0 Å². The summed E-state index contributed by atoms with van der Waals surface area (Å²) in [7, 11) is 1.39. The van der Waals surface area contributed by atoms with E-state index in [-0.39, 0.29) is 23.7 Å². The van der Waals surface area contributed by atoms with Crippen molar-refractivity contribution in [2.45, 2.75) is 25.7 Å². The van der Waals surface area contributed by atoms with Crippen LogP contribution in [0.1, 0.15) is 25.7 Å². The summed E-state index contributed by atoms with van der Waals surface area (Å²) in [6.45, 7) is 1.73. The van der Waals surface area contributed by atoms with Crippen molar-refractivity contribution in [1.29, 1.82) is 0 Å². The highest BCUT2D eigenvalue weighted by Gasteiger charge is 2.43. The van der Waals surface area contributed by atoms with Gasteiger partial charge in [0.05, 0.1) is 18.9 Å². The maximum Gasteiger partial charge on any atom is 0.309 e. The summed E-state index contributed by atoms with van der Waals surface area (Å²) in [6, 6.07) is 0. The molecule has 2 rings (SSSR count). The van der Waals surface area contributed by atoms with Gasteiger partial charge in [-0.15, -0.1) is 0 Å². The topological polar surface area (TPSA) is 46.6 Å². The normalized spacial score (nSPS) is 29.8. The summed E-state index contributed by atoms with van der Waals surface area (Å²) in [5.74, 6) is -0.341. The molecule has 2 atom stereocenters. The van der Waals surface area contributed by atoms with Gasteiger partial charge in [0, 0.05) is 13.1 Å². The van der Waals surface area contributed by atoms with E-state index in [0.29, 0.717) is 0 Å². The third-order valence-electron chi connectivity index (χ3n) is 3.51. The third-order valence-corrected chi connectivity index (χ3v) is 3.51. The predicted molar refractivity (Wildman–Crippen MR) is 54.0 cm³/mol. The Morgan fingerprint density at radius 2 is 1.73 bits per heavy atom. The van der Waals surface area contributed by atoms with Crippen LogP contribution < -0.4 is 0 Å². The summed E-state index contributed by atoms with van der Waals surface area (Å²) in [5, 5.41) is 0. The van der Waals surface area contributed by atoms with E-state index >= 15 is 0 Å². The summed E-state index contributed by atoms with van der Waals surface area (Å²) < 4.78 is 4.69. The lowest BCUT2D eigenvalue weighted by Gasteiger charge is -2.35. The Labute approximate surface area is 89.6 Å². The Morgan fingerprint density at radius 1 is 1.13 bits per heavy atom. The molecular formula is C11H17NO3. The van der Waals surface area contributed by atoms with Crippen molar-refractivity contribution < 1.29 is 14.3 Å². The Morgan fingerprint density at radius 3 is 2.20 bits per heavy atom. The molecule has 4 nitrogen and oxygen atoms in total. The zero-order chi connectivity index (χ0) is 10.8. The van der Waals surface area contributed by atoms with Crippen LogP contribution in [0, 0.1) is 11.8 Å². The molecule has 2 fully saturated rings. The van der Waals surface area contributed by atoms with E-state index in [1.165, 1.54) is 7.11 Å². The van der Waals surface area contributed by atoms with Gasteiger partial charge in [0.25, 0.3) is 0 Å². The zero-order valence-electron chi connectivity index (χ0n) is 9.07. The number of rotatable bonds is 2. The number of carbonyl (C=O) groups is 2. The summed E-state index contributed by atoms with van der Waals surface area (Å²) in [6.07, 6.45) is 3.84. The number of carbonyl (C=O) groups excluding carboxylic acids is 2. The summed E-state index contributed by atoms with van der Waals surface area (Å²) >= 11 is 0.